The van der Waals surface area contributed by atoms with Crippen LogP contribution in [-0.2, 0) is 22.6 Å². The molecule has 2 aliphatic heterocycles. The van der Waals surface area contributed by atoms with E-state index in [4.69, 9.17) is 11.8 Å². The fourth-order valence-corrected chi connectivity index (χ4v) is 64.7. The van der Waals surface area contributed by atoms with E-state index < -0.39 is 5.42 Å². The zero-order valence-electron chi connectivity index (χ0n) is 18.2. The first-order valence-corrected chi connectivity index (χ1v) is 19.0. The van der Waals surface area contributed by atoms with Gasteiger partial charge in [0.15, 0.2) is 0 Å². The number of fused-ring (bicyclic) bond motifs is 4. The van der Waals surface area contributed by atoms with Crippen LogP contribution in [0.2, 0.25) is 0 Å². The molecule has 142 valence electrons. The third-order valence-corrected chi connectivity index (χ3v) is 47.8. The molecule has 5 heteroatoms. The smallest absolute Gasteiger partial charge is 0.0591 e. The van der Waals surface area contributed by atoms with Crippen LogP contribution in [0.15, 0.2) is 10.6 Å². The molecule has 0 nitrogen and oxygen atoms in total. The van der Waals surface area contributed by atoms with Crippen molar-refractivity contribution in [2.24, 2.45) is 10.8 Å². The molecule has 0 saturated carbocycles. The summed E-state index contributed by atoms with van der Waals surface area (Å²) in [4.78, 5) is 0. The average Bonchev–Trinajstić information content (AvgIpc) is 2.23. The van der Waals surface area contributed by atoms with Crippen molar-refractivity contribution in [2.45, 2.75) is 93.9 Å². The third kappa shape index (κ3) is 2.67. The van der Waals surface area contributed by atoms with Gasteiger partial charge in [-0.2, -0.15) is 0 Å². The Balaban J connectivity index is 2.30. The zero-order chi connectivity index (χ0) is 19.5. The summed E-state index contributed by atoms with van der Waals surface area (Å²) in [5.41, 5.74) is -0.0593. The highest BCUT2D eigenvalue weighted by atomic mass is 33.1. The highest BCUT2D eigenvalue weighted by molar-refractivity contribution is 9.11. The molecule has 4 unspecified atom stereocenters. The van der Waals surface area contributed by atoms with Gasteiger partial charge in [0.1, 0.15) is 0 Å². The van der Waals surface area contributed by atoms with Crippen LogP contribution in [0.4, 0.5) is 0 Å². The van der Waals surface area contributed by atoms with E-state index in [1.165, 1.54) is 0 Å². The first-order valence-electron chi connectivity index (χ1n) is 9.38. The molecule has 0 aromatic carbocycles. The predicted octanol–water partition coefficient (Wildman–Crippen LogP) is 9.99. The van der Waals surface area contributed by atoms with E-state index in [0.29, 0.717) is 16.2 Å². The Morgan fingerprint density at radius 1 is 0.640 bits per heavy atom. The number of hydrogen-bond donors (Lipinski definition) is 0. The molecule has 1 aromatic rings. The predicted molar refractivity (Wildman–Crippen MR) is 127 cm³/mol. The van der Waals surface area contributed by atoms with Gasteiger partial charge in [-0.3, -0.25) is 0 Å². The van der Waals surface area contributed by atoms with E-state index in [0.717, 1.165) is 0 Å². The average molecular weight is 432 g/mol. The van der Waals surface area contributed by atoms with Gasteiger partial charge in [0.05, 0.1) is 5.42 Å². The van der Waals surface area contributed by atoms with Crippen LogP contribution in [0.25, 0.3) is 0 Å². The Labute approximate surface area is 164 Å². The van der Waals surface area contributed by atoms with Gasteiger partial charge >= 0.3 is 0 Å². The van der Waals surface area contributed by atoms with Crippen molar-refractivity contribution in [3.05, 3.63) is 21.2 Å². The van der Waals surface area contributed by atoms with E-state index in [2.05, 4.69) is 83.1 Å². The molecule has 0 fully saturated rings. The number of rotatable bonds is 0. The maximum atomic E-state index is 6.66. The minimum absolute atomic E-state index is 0.0147. The monoisotopic (exact) mass is 432 g/mol. The first kappa shape index (κ1) is 20.9. The summed E-state index contributed by atoms with van der Waals surface area (Å²) in [6.07, 6.45) is 0. The van der Waals surface area contributed by atoms with Crippen molar-refractivity contribution >= 4 is 38.3 Å². The van der Waals surface area contributed by atoms with Crippen molar-refractivity contribution in [1.29, 1.82) is 0 Å². The van der Waals surface area contributed by atoms with Gasteiger partial charge in [-0.25, -0.2) is 0 Å². The molecule has 1 aromatic heterocycles. The lowest BCUT2D eigenvalue weighted by molar-refractivity contribution is 0.482. The maximum Gasteiger partial charge on any atom is 0.0591 e. The minimum atomic E-state index is -1.27. The number of hydrogen-bond acceptors (Lipinski definition) is 1. The van der Waals surface area contributed by atoms with Crippen molar-refractivity contribution < 1.29 is 0 Å². The molecule has 3 heterocycles. The second-order valence-corrected chi connectivity index (χ2v) is 34.3. The van der Waals surface area contributed by atoms with E-state index >= 15 is 0 Å². The second-order valence-electron chi connectivity index (χ2n) is 11.8. The molecular formula is C20H36P4S. The molecule has 25 heavy (non-hydrogen) atoms. The van der Waals surface area contributed by atoms with Crippen LogP contribution in [-0.4, -0.2) is 0 Å². The highest BCUT2D eigenvalue weighted by Gasteiger charge is 2.66. The van der Waals surface area contributed by atoms with E-state index in [1.807, 2.05) is 15.9 Å². The molecule has 3 rings (SSSR count). The highest BCUT2D eigenvalue weighted by Crippen LogP contribution is 3.27. The fourth-order valence-electron chi connectivity index (χ4n) is 4.29. The summed E-state index contributed by atoms with van der Waals surface area (Å²) >= 11 is 6.66. The van der Waals surface area contributed by atoms with Gasteiger partial charge in [0.2, 0.25) is 0 Å². The molecule has 4 atom stereocenters. The van der Waals surface area contributed by atoms with Crippen LogP contribution in [0.1, 0.15) is 93.7 Å². The molecular weight excluding hydrogens is 396 g/mol. The van der Waals surface area contributed by atoms with Gasteiger partial charge in [-0.1, -0.05) is 109 Å². The third-order valence-electron chi connectivity index (χ3n) is 5.05. The van der Waals surface area contributed by atoms with Gasteiger partial charge in [-0.15, -0.1) is 0 Å². The summed E-state index contributed by atoms with van der Waals surface area (Å²) in [6, 6.07) is 0. The van der Waals surface area contributed by atoms with Gasteiger partial charge in [0, 0.05) is 7.30 Å². The van der Waals surface area contributed by atoms with Gasteiger partial charge in [0.25, 0.3) is 0 Å². The molecule has 0 saturated heterocycles. The Morgan fingerprint density at radius 2 is 1.08 bits per heavy atom. The van der Waals surface area contributed by atoms with Crippen LogP contribution < -0.4 is 0 Å². The Morgan fingerprint density at radius 3 is 1.40 bits per heavy atom. The van der Waals surface area contributed by atoms with E-state index in [-0.39, 0.29) is 26.5 Å². The Hall–Kier alpha value is 1.16. The summed E-state index contributed by atoms with van der Waals surface area (Å²) in [5, 5.41) is 7.35. The molecule has 0 bridgehead atoms. The van der Waals surface area contributed by atoms with Crippen molar-refractivity contribution in [3.8, 4) is 0 Å². The van der Waals surface area contributed by atoms with Gasteiger partial charge < -0.3 is 0 Å². The first-order chi connectivity index (χ1) is 10.9. The van der Waals surface area contributed by atoms with E-state index in [9.17, 15) is 0 Å². The molecule has 0 radical (unpaired) electrons. The number of allylic oxidation sites excluding steroid dienone is 2. The zero-order valence-corrected chi connectivity index (χ0v) is 22.6. The van der Waals surface area contributed by atoms with E-state index in [1.54, 1.807) is 5.31 Å². The standard InChI is InChI=1S/C20H36P4S/c1-17(2,3)13-14(18(4,5)6)22-21(13)23-15(19(7,8)9)16(20(10,11)12)24(22,23)25/h1-12H3. The topological polar surface area (TPSA) is 0 Å². The largest absolute Gasteiger partial charge is 0.0776 e. The summed E-state index contributed by atoms with van der Waals surface area (Å²) in [6.45, 7) is 29.4. The van der Waals surface area contributed by atoms with Gasteiger partial charge in [-0.05, 0) is 42.9 Å². The molecule has 0 N–H and O–H groups in total. The van der Waals surface area contributed by atoms with Crippen molar-refractivity contribution in [2.75, 3.05) is 0 Å². The lowest BCUT2D eigenvalue weighted by Crippen LogP contribution is -2.30. The summed E-state index contributed by atoms with van der Waals surface area (Å²) < 4.78 is 0. The summed E-state index contributed by atoms with van der Waals surface area (Å²) in [7, 11) is 0.0147. The minimum Gasteiger partial charge on any atom is -0.0776 e. The normalized spacial score (nSPS) is 28.4. The molecule has 0 amide bonds. The van der Waals surface area contributed by atoms with Crippen LogP contribution >= 0.6 is 26.5 Å². The lowest BCUT2D eigenvalue weighted by Gasteiger charge is -2.66. The SMILES string of the molecule is CC(C)(C)C1=C(C(C)(C)C)P2(=S)P1p1c(C(C)(C)C)c(C(C)(C)C)p12. The molecule has 0 aliphatic carbocycles. The molecule has 0 spiro atoms. The Kier molecular flexibility index (Phi) is 4.51. The van der Waals surface area contributed by atoms with Crippen LogP contribution in [0.5, 0.6) is 0 Å². The second kappa shape index (κ2) is 5.40. The van der Waals surface area contributed by atoms with Crippen LogP contribution in [0.3, 0.4) is 0 Å². The van der Waals surface area contributed by atoms with Crippen molar-refractivity contribution in [1.82, 2.24) is 0 Å². The quantitative estimate of drug-likeness (QED) is 0.368. The fraction of sp³-hybridized carbons (Fsp3) is 0.800. The lowest BCUT2D eigenvalue weighted by atomic mass is 9.86. The summed E-state index contributed by atoms with van der Waals surface area (Å²) in [5.74, 6) is 0. The Bertz CT molecular complexity index is 820. The molecule has 2 aliphatic rings. The van der Waals surface area contributed by atoms with Crippen molar-refractivity contribution in [3.63, 3.8) is 0 Å². The van der Waals surface area contributed by atoms with Crippen LogP contribution in [0, 0.1) is 10.8 Å². The maximum absolute atomic E-state index is 6.66.